The van der Waals surface area contributed by atoms with Crippen molar-refractivity contribution in [1.29, 1.82) is 0 Å². The number of nitrogens with one attached hydrogen (secondary N) is 1. The van der Waals surface area contributed by atoms with Crippen LogP contribution in [0.4, 0.5) is 5.69 Å². The van der Waals surface area contributed by atoms with Crippen LogP contribution in [0.1, 0.15) is 41.5 Å². The first kappa shape index (κ1) is 28.3. The van der Waals surface area contributed by atoms with Gasteiger partial charge in [0.15, 0.2) is 6.23 Å². The van der Waals surface area contributed by atoms with Crippen molar-refractivity contribution in [2.45, 2.75) is 71.1 Å². The number of nitrogens with zero attached hydrogens (tertiary/aromatic N) is 2. The molecule has 2 aromatic rings. The minimum Gasteiger partial charge on any atom is -0.492 e. The molecule has 0 bridgehead atoms. The summed E-state index contributed by atoms with van der Waals surface area (Å²) in [5.74, 6) is 1.58. The van der Waals surface area contributed by atoms with Gasteiger partial charge in [-0.25, -0.2) is 0 Å². The van der Waals surface area contributed by atoms with Gasteiger partial charge in [0.25, 0.3) is 0 Å². The van der Waals surface area contributed by atoms with Crippen LogP contribution < -0.4 is 20.3 Å². The van der Waals surface area contributed by atoms with Crippen molar-refractivity contribution in [3.05, 3.63) is 48.5 Å². The van der Waals surface area contributed by atoms with Crippen molar-refractivity contribution in [3.63, 3.8) is 0 Å². The van der Waals surface area contributed by atoms with Crippen LogP contribution in [-0.2, 0) is 9.31 Å². The van der Waals surface area contributed by atoms with Gasteiger partial charge in [-0.15, -0.1) is 0 Å². The number of rotatable bonds is 11. The average Bonchev–Trinajstić information content (AvgIpc) is 3.03. The molecule has 0 amide bonds. The molecule has 1 aliphatic heterocycles. The normalized spacial score (nSPS) is 19.3. The first-order valence-electron chi connectivity index (χ1n) is 12.7. The molecule has 3 rings (SSSR count). The van der Waals surface area contributed by atoms with E-state index in [1.807, 2.05) is 62.6 Å². The van der Waals surface area contributed by atoms with Crippen molar-refractivity contribution in [2.75, 3.05) is 40.1 Å². The Bertz CT molecular complexity index is 982. The van der Waals surface area contributed by atoms with Crippen molar-refractivity contribution in [3.8, 4) is 11.5 Å². The Hall–Kier alpha value is -2.26. The Kier molecular flexibility index (Phi) is 8.99. The van der Waals surface area contributed by atoms with Gasteiger partial charge >= 0.3 is 7.12 Å². The molecule has 36 heavy (non-hydrogen) atoms. The molecular weight excluding hydrogens is 453 g/mol. The van der Waals surface area contributed by atoms with E-state index in [1.54, 1.807) is 0 Å². The average molecular weight is 497 g/mol. The van der Waals surface area contributed by atoms with Gasteiger partial charge in [-0.1, -0.05) is 18.2 Å². The highest BCUT2D eigenvalue weighted by Crippen LogP contribution is 2.36. The number of hydrogen-bond donors (Lipinski definition) is 1. The molecule has 0 aliphatic carbocycles. The quantitative estimate of drug-likeness (QED) is 0.371. The van der Waals surface area contributed by atoms with Gasteiger partial charge in [0, 0.05) is 17.8 Å². The lowest BCUT2D eigenvalue weighted by molar-refractivity contribution is 0.00578. The molecule has 0 spiro atoms. The van der Waals surface area contributed by atoms with E-state index in [-0.39, 0.29) is 12.3 Å². The van der Waals surface area contributed by atoms with E-state index in [9.17, 15) is 0 Å². The van der Waals surface area contributed by atoms with Crippen molar-refractivity contribution in [2.24, 2.45) is 0 Å². The number of hydrogen-bond acceptors (Lipinski definition) is 7. The van der Waals surface area contributed by atoms with Crippen LogP contribution in [0.15, 0.2) is 48.5 Å². The smallest absolute Gasteiger partial charge is 0.492 e. The monoisotopic (exact) mass is 497 g/mol. The summed E-state index contributed by atoms with van der Waals surface area (Å²) in [7, 11) is 7.77. The molecule has 0 radical (unpaired) electrons. The molecule has 1 fully saturated rings. The van der Waals surface area contributed by atoms with Gasteiger partial charge in [0.2, 0.25) is 0 Å². The highest BCUT2D eigenvalue weighted by molar-refractivity contribution is 6.62. The zero-order valence-electron chi connectivity index (χ0n) is 23.7. The number of likely N-dealkylation sites (N-methyl/N-ethyl adjacent to an activating group) is 2. The van der Waals surface area contributed by atoms with E-state index in [0.29, 0.717) is 12.6 Å². The van der Waals surface area contributed by atoms with Crippen LogP contribution in [0, 0.1) is 0 Å². The summed E-state index contributed by atoms with van der Waals surface area (Å²) in [5, 5.41) is 3.56. The van der Waals surface area contributed by atoms with Crippen LogP contribution in [0.2, 0.25) is 0 Å². The summed E-state index contributed by atoms with van der Waals surface area (Å²) in [4.78, 5) is 4.28. The maximum absolute atomic E-state index is 6.50. The third-order valence-corrected chi connectivity index (χ3v) is 7.41. The Morgan fingerprint density at radius 3 is 2.08 bits per heavy atom. The fraction of sp³-hybridized carbons (Fsp3) is 0.571. The SMILES string of the molecule is C[C@@H](COc1cccc(NC(Oc2cccc(B3OC(C)(C)C(C)(C)O3)c2)[C@H](C)N(C)C)c1)N(C)C. The fourth-order valence-electron chi connectivity index (χ4n) is 3.59. The maximum atomic E-state index is 6.50. The molecule has 7 nitrogen and oxygen atoms in total. The summed E-state index contributed by atoms with van der Waals surface area (Å²) >= 11 is 0. The standard InChI is InChI=1S/C28H44BN3O4/c1-20(31(7)8)19-33-24-15-12-14-23(18-24)30-26(21(2)32(9)10)34-25-16-11-13-22(17-25)29-35-27(3,4)28(5,6)36-29/h11-18,20-21,26,30H,19H2,1-10H3/t20-,21-,26?/m0/s1. The van der Waals surface area contributed by atoms with E-state index < -0.39 is 18.3 Å². The Morgan fingerprint density at radius 2 is 1.47 bits per heavy atom. The molecule has 2 aromatic carbocycles. The molecule has 1 aliphatic rings. The Balaban J connectivity index is 1.75. The van der Waals surface area contributed by atoms with E-state index in [4.69, 9.17) is 18.8 Å². The molecule has 3 atom stereocenters. The molecule has 8 heteroatoms. The Morgan fingerprint density at radius 1 is 0.861 bits per heavy atom. The molecule has 1 N–H and O–H groups in total. The van der Waals surface area contributed by atoms with Crippen LogP contribution in [0.25, 0.3) is 0 Å². The van der Waals surface area contributed by atoms with Crippen molar-refractivity contribution < 1.29 is 18.8 Å². The molecule has 1 unspecified atom stereocenters. The first-order chi connectivity index (χ1) is 16.8. The molecule has 1 saturated heterocycles. The number of benzene rings is 2. The summed E-state index contributed by atoms with van der Waals surface area (Å²) in [6, 6.07) is 16.4. The second-order valence-electron chi connectivity index (χ2n) is 11.2. The van der Waals surface area contributed by atoms with Crippen LogP contribution in [-0.4, -0.2) is 81.2 Å². The largest absolute Gasteiger partial charge is 0.494 e. The van der Waals surface area contributed by atoms with Gasteiger partial charge in [0.05, 0.1) is 17.2 Å². The molecule has 0 saturated carbocycles. The van der Waals surface area contributed by atoms with Crippen molar-refractivity contribution >= 4 is 18.3 Å². The predicted octanol–water partition coefficient (Wildman–Crippen LogP) is 4.08. The van der Waals surface area contributed by atoms with E-state index >= 15 is 0 Å². The predicted molar refractivity (Wildman–Crippen MR) is 148 cm³/mol. The lowest BCUT2D eigenvalue weighted by Crippen LogP contribution is -2.45. The molecule has 0 aromatic heterocycles. The van der Waals surface area contributed by atoms with Crippen LogP contribution in [0.3, 0.4) is 0 Å². The van der Waals surface area contributed by atoms with Gasteiger partial charge in [-0.05, 0) is 99.5 Å². The summed E-state index contributed by atoms with van der Waals surface area (Å²) in [6.45, 7) is 13.1. The minimum absolute atomic E-state index is 0.0869. The summed E-state index contributed by atoms with van der Waals surface area (Å²) < 4.78 is 25.0. The number of anilines is 1. The van der Waals surface area contributed by atoms with Crippen molar-refractivity contribution in [1.82, 2.24) is 9.80 Å². The topological polar surface area (TPSA) is 55.4 Å². The maximum Gasteiger partial charge on any atom is 0.494 e. The van der Waals surface area contributed by atoms with Crippen LogP contribution in [0.5, 0.6) is 11.5 Å². The first-order valence-corrected chi connectivity index (χ1v) is 12.7. The zero-order chi connectivity index (χ0) is 26.7. The van der Waals surface area contributed by atoms with Gasteiger partial charge in [-0.2, -0.15) is 0 Å². The minimum atomic E-state index is -0.436. The third-order valence-electron chi connectivity index (χ3n) is 7.41. The number of ether oxygens (including phenoxy) is 2. The fourth-order valence-corrected chi connectivity index (χ4v) is 3.59. The van der Waals surface area contributed by atoms with E-state index in [2.05, 4.69) is 70.8 Å². The summed E-state index contributed by atoms with van der Waals surface area (Å²) in [5.41, 5.74) is 1.09. The van der Waals surface area contributed by atoms with E-state index in [0.717, 1.165) is 22.6 Å². The highest BCUT2D eigenvalue weighted by Gasteiger charge is 2.51. The lowest BCUT2D eigenvalue weighted by atomic mass is 9.79. The molecular formula is C28H44BN3O4. The van der Waals surface area contributed by atoms with Gasteiger partial charge in [-0.3, -0.25) is 0 Å². The zero-order valence-corrected chi connectivity index (χ0v) is 23.7. The van der Waals surface area contributed by atoms with Gasteiger partial charge in [0.1, 0.15) is 18.1 Å². The van der Waals surface area contributed by atoms with Crippen LogP contribution >= 0.6 is 0 Å². The lowest BCUT2D eigenvalue weighted by Gasteiger charge is -2.32. The second-order valence-corrected chi connectivity index (χ2v) is 11.2. The summed E-state index contributed by atoms with van der Waals surface area (Å²) in [6.07, 6.45) is -0.301. The van der Waals surface area contributed by atoms with E-state index in [1.165, 1.54) is 0 Å². The molecule has 1 heterocycles. The third kappa shape index (κ3) is 6.94. The molecule has 198 valence electrons. The Labute approximate surface area is 218 Å². The highest BCUT2D eigenvalue weighted by atomic mass is 16.7. The van der Waals surface area contributed by atoms with Gasteiger partial charge < -0.3 is 33.9 Å². The second kappa shape index (κ2) is 11.4.